The summed E-state index contributed by atoms with van der Waals surface area (Å²) in [5.74, 6) is -0.289. The largest absolute Gasteiger partial charge is 0.496 e. The van der Waals surface area contributed by atoms with Gasteiger partial charge in [0.1, 0.15) is 12.0 Å². The molecular weight excluding hydrogens is 208 g/mol. The highest BCUT2D eigenvalue weighted by atomic mass is 16.5. The zero-order valence-corrected chi connectivity index (χ0v) is 8.84. The molecule has 0 bridgehead atoms. The van der Waals surface area contributed by atoms with E-state index in [1.54, 1.807) is 24.3 Å². The molecule has 0 fully saturated rings. The van der Waals surface area contributed by atoms with Crippen molar-refractivity contribution in [1.29, 1.82) is 0 Å². The van der Waals surface area contributed by atoms with Gasteiger partial charge in [0.2, 0.25) is 0 Å². The van der Waals surface area contributed by atoms with Crippen LogP contribution in [-0.2, 0) is 16.0 Å². The number of aldehydes is 1. The van der Waals surface area contributed by atoms with Crippen LogP contribution < -0.4 is 4.74 Å². The Bertz CT molecular complexity index is 421. The number of carboxylic acid groups (broad SMARTS) is 1. The smallest absolute Gasteiger partial charge is 0.307 e. The molecule has 1 aromatic rings. The highest BCUT2D eigenvalue weighted by molar-refractivity contribution is 5.76. The Kier molecular flexibility index (Phi) is 4.27. The maximum absolute atomic E-state index is 10.5. The Morgan fingerprint density at radius 2 is 2.25 bits per heavy atom. The Morgan fingerprint density at radius 3 is 2.81 bits per heavy atom. The maximum Gasteiger partial charge on any atom is 0.307 e. The van der Waals surface area contributed by atoms with Gasteiger partial charge in [-0.1, -0.05) is 6.07 Å². The number of aliphatic carboxylic acids is 1. The van der Waals surface area contributed by atoms with Gasteiger partial charge >= 0.3 is 5.97 Å². The first-order chi connectivity index (χ1) is 7.67. The fourth-order valence-electron chi connectivity index (χ4n) is 1.34. The first-order valence-corrected chi connectivity index (χ1v) is 4.68. The fraction of sp³-hybridized carbons (Fsp3) is 0.167. The zero-order chi connectivity index (χ0) is 12.0. The van der Waals surface area contributed by atoms with E-state index in [-0.39, 0.29) is 6.42 Å². The lowest BCUT2D eigenvalue weighted by molar-refractivity contribution is -0.136. The molecule has 1 aromatic carbocycles. The van der Waals surface area contributed by atoms with Gasteiger partial charge in [-0.25, -0.2) is 0 Å². The molecule has 1 rings (SSSR count). The lowest BCUT2D eigenvalue weighted by atomic mass is 10.1. The molecule has 0 saturated carbocycles. The monoisotopic (exact) mass is 220 g/mol. The van der Waals surface area contributed by atoms with Crippen LogP contribution in [-0.4, -0.2) is 24.5 Å². The third-order valence-electron chi connectivity index (χ3n) is 2.00. The minimum Gasteiger partial charge on any atom is -0.496 e. The van der Waals surface area contributed by atoms with Crippen molar-refractivity contribution in [1.82, 2.24) is 0 Å². The predicted molar refractivity (Wildman–Crippen MR) is 59.4 cm³/mol. The second-order valence-electron chi connectivity index (χ2n) is 3.14. The molecular formula is C12H12O4. The van der Waals surface area contributed by atoms with Gasteiger partial charge in [-0.2, -0.15) is 0 Å². The first-order valence-electron chi connectivity index (χ1n) is 4.68. The van der Waals surface area contributed by atoms with Crippen LogP contribution in [0.15, 0.2) is 24.3 Å². The quantitative estimate of drug-likeness (QED) is 0.603. The number of rotatable bonds is 5. The van der Waals surface area contributed by atoms with Crippen molar-refractivity contribution >= 4 is 18.3 Å². The van der Waals surface area contributed by atoms with Crippen LogP contribution in [0.5, 0.6) is 5.75 Å². The second kappa shape index (κ2) is 5.70. The van der Waals surface area contributed by atoms with E-state index in [9.17, 15) is 9.59 Å². The van der Waals surface area contributed by atoms with Crippen LogP contribution in [0.25, 0.3) is 6.08 Å². The minimum absolute atomic E-state index is 0.0497. The Balaban J connectivity index is 3.05. The molecule has 0 aromatic heterocycles. The first kappa shape index (κ1) is 12.0. The van der Waals surface area contributed by atoms with Crippen molar-refractivity contribution in [2.24, 2.45) is 0 Å². The van der Waals surface area contributed by atoms with Crippen LogP contribution in [0, 0.1) is 0 Å². The number of benzene rings is 1. The van der Waals surface area contributed by atoms with Crippen LogP contribution in [0.2, 0.25) is 0 Å². The van der Waals surface area contributed by atoms with Crippen molar-refractivity contribution in [3.8, 4) is 5.75 Å². The zero-order valence-electron chi connectivity index (χ0n) is 8.84. The number of carboxylic acids is 1. The summed E-state index contributed by atoms with van der Waals surface area (Å²) in [7, 11) is 1.52. The number of ether oxygens (including phenoxy) is 1. The van der Waals surface area contributed by atoms with Crippen molar-refractivity contribution < 1.29 is 19.4 Å². The van der Waals surface area contributed by atoms with Crippen molar-refractivity contribution in [3.05, 3.63) is 35.4 Å². The summed E-state index contributed by atoms with van der Waals surface area (Å²) in [6.45, 7) is 0. The fourth-order valence-corrected chi connectivity index (χ4v) is 1.34. The Hall–Kier alpha value is -2.10. The third-order valence-corrected chi connectivity index (χ3v) is 2.00. The summed E-state index contributed by atoms with van der Waals surface area (Å²) >= 11 is 0. The Morgan fingerprint density at radius 1 is 1.50 bits per heavy atom. The predicted octanol–water partition coefficient (Wildman–Crippen LogP) is 1.53. The summed E-state index contributed by atoms with van der Waals surface area (Å²) in [5.41, 5.74) is 1.35. The highest BCUT2D eigenvalue weighted by Crippen LogP contribution is 2.21. The van der Waals surface area contributed by atoms with E-state index in [4.69, 9.17) is 9.84 Å². The van der Waals surface area contributed by atoms with Gasteiger partial charge in [-0.3, -0.25) is 9.59 Å². The molecule has 4 nitrogen and oxygen atoms in total. The second-order valence-corrected chi connectivity index (χ2v) is 3.14. The normalized spacial score (nSPS) is 10.3. The molecule has 0 unspecified atom stereocenters. The van der Waals surface area contributed by atoms with E-state index >= 15 is 0 Å². The highest BCUT2D eigenvalue weighted by Gasteiger charge is 2.04. The molecule has 0 aliphatic heterocycles. The molecule has 0 amide bonds. The van der Waals surface area contributed by atoms with Gasteiger partial charge in [0.15, 0.2) is 0 Å². The maximum atomic E-state index is 10.5. The molecule has 0 spiro atoms. The van der Waals surface area contributed by atoms with Gasteiger partial charge in [0.25, 0.3) is 0 Å². The Labute approximate surface area is 93.2 Å². The van der Waals surface area contributed by atoms with E-state index < -0.39 is 5.97 Å². The number of carbonyl (C=O) groups excluding carboxylic acids is 1. The van der Waals surface area contributed by atoms with Crippen LogP contribution in [0.1, 0.15) is 11.1 Å². The summed E-state index contributed by atoms with van der Waals surface area (Å²) in [6.07, 6.45) is 3.52. The topological polar surface area (TPSA) is 63.6 Å². The standard InChI is InChI=1S/C12H12O4/c1-16-11-5-4-9(8-12(14)15)7-10(11)3-2-6-13/h2-7H,8H2,1H3,(H,14,15). The average Bonchev–Trinajstić information content (AvgIpc) is 2.25. The number of hydrogen-bond donors (Lipinski definition) is 1. The molecule has 1 N–H and O–H groups in total. The SMILES string of the molecule is COc1ccc(CC(=O)O)cc1C=CC=O. The molecule has 4 heteroatoms. The minimum atomic E-state index is -0.893. The van der Waals surface area contributed by atoms with Gasteiger partial charge in [-0.15, -0.1) is 0 Å². The summed E-state index contributed by atoms with van der Waals surface area (Å²) < 4.78 is 5.09. The van der Waals surface area contributed by atoms with E-state index in [0.29, 0.717) is 23.2 Å². The number of allylic oxidation sites excluding steroid dienone is 1. The van der Waals surface area contributed by atoms with E-state index in [2.05, 4.69) is 0 Å². The summed E-state index contributed by atoms with van der Waals surface area (Å²) in [6, 6.07) is 5.06. The van der Waals surface area contributed by atoms with Crippen LogP contribution >= 0.6 is 0 Å². The van der Waals surface area contributed by atoms with Gasteiger partial charge < -0.3 is 9.84 Å². The van der Waals surface area contributed by atoms with Crippen molar-refractivity contribution in [2.75, 3.05) is 7.11 Å². The van der Waals surface area contributed by atoms with Crippen molar-refractivity contribution in [2.45, 2.75) is 6.42 Å². The molecule has 16 heavy (non-hydrogen) atoms. The number of hydrogen-bond acceptors (Lipinski definition) is 3. The third kappa shape index (κ3) is 3.24. The molecule has 0 heterocycles. The lowest BCUT2D eigenvalue weighted by Crippen LogP contribution is -2.00. The summed E-state index contributed by atoms with van der Waals surface area (Å²) in [4.78, 5) is 20.8. The van der Waals surface area contributed by atoms with E-state index in [0.717, 1.165) is 0 Å². The summed E-state index contributed by atoms with van der Waals surface area (Å²) in [5, 5.41) is 8.65. The molecule has 0 aliphatic rings. The number of methoxy groups -OCH3 is 1. The lowest BCUT2D eigenvalue weighted by Gasteiger charge is -2.06. The molecule has 0 radical (unpaired) electrons. The van der Waals surface area contributed by atoms with Crippen LogP contribution in [0.3, 0.4) is 0 Å². The van der Waals surface area contributed by atoms with Crippen LogP contribution in [0.4, 0.5) is 0 Å². The number of carbonyl (C=O) groups is 2. The van der Waals surface area contributed by atoms with Gasteiger partial charge in [-0.05, 0) is 29.8 Å². The van der Waals surface area contributed by atoms with Gasteiger partial charge in [0, 0.05) is 5.56 Å². The molecule has 0 atom stereocenters. The van der Waals surface area contributed by atoms with Crippen molar-refractivity contribution in [3.63, 3.8) is 0 Å². The molecule has 0 saturated heterocycles. The molecule has 0 aliphatic carbocycles. The van der Waals surface area contributed by atoms with E-state index in [1.807, 2.05) is 0 Å². The van der Waals surface area contributed by atoms with E-state index in [1.165, 1.54) is 13.2 Å². The molecule has 84 valence electrons. The average molecular weight is 220 g/mol. The van der Waals surface area contributed by atoms with Gasteiger partial charge in [0.05, 0.1) is 13.5 Å².